The summed E-state index contributed by atoms with van der Waals surface area (Å²) in [5.74, 6) is 0.245. The highest BCUT2D eigenvalue weighted by Gasteiger charge is 2.30. The molecule has 2 atom stereocenters. The summed E-state index contributed by atoms with van der Waals surface area (Å²) in [6.07, 6.45) is 2.51. The Morgan fingerprint density at radius 3 is 2.67 bits per heavy atom. The van der Waals surface area contributed by atoms with Crippen LogP contribution in [0.15, 0.2) is 24.3 Å². The zero-order valence-electron chi connectivity index (χ0n) is 18.4. The molecule has 1 aliphatic rings. The molecule has 33 heavy (non-hydrogen) atoms. The van der Waals surface area contributed by atoms with Crippen LogP contribution in [0, 0.1) is 0 Å². The van der Waals surface area contributed by atoms with Crippen LogP contribution in [-0.4, -0.2) is 49.7 Å². The van der Waals surface area contributed by atoms with Gasteiger partial charge in [-0.25, -0.2) is 13.2 Å². The average Bonchev–Trinajstić information content (AvgIpc) is 3.31. The third-order valence-electron chi connectivity index (χ3n) is 4.87. The van der Waals surface area contributed by atoms with Gasteiger partial charge < -0.3 is 20.1 Å². The molecule has 1 saturated carbocycles. The Morgan fingerprint density at radius 2 is 2.00 bits per heavy atom. The van der Waals surface area contributed by atoms with Crippen molar-refractivity contribution in [2.24, 2.45) is 0 Å². The number of benzene rings is 1. The van der Waals surface area contributed by atoms with Gasteiger partial charge in [0.1, 0.15) is 6.10 Å². The first kappa shape index (κ1) is 24.6. The quantitative estimate of drug-likeness (QED) is 0.421. The van der Waals surface area contributed by atoms with Crippen LogP contribution in [-0.2, 0) is 14.8 Å². The molecule has 0 bridgehead atoms. The highest BCUT2D eigenvalue weighted by molar-refractivity contribution is 7.92. The molecule has 182 valence electrons. The van der Waals surface area contributed by atoms with Gasteiger partial charge in [-0.3, -0.25) is 9.82 Å². The van der Waals surface area contributed by atoms with E-state index in [1.54, 1.807) is 6.07 Å². The normalized spacial score (nSPS) is 18.4. The van der Waals surface area contributed by atoms with E-state index >= 15 is 0 Å². The molecule has 0 spiro atoms. The topological polar surface area (TPSA) is 134 Å². The molecule has 1 amide bonds. The van der Waals surface area contributed by atoms with Crippen LogP contribution in [0.5, 0.6) is 5.75 Å². The van der Waals surface area contributed by atoms with Crippen molar-refractivity contribution in [3.63, 3.8) is 0 Å². The molecule has 0 aliphatic heterocycles. The van der Waals surface area contributed by atoms with Crippen LogP contribution in [0.3, 0.4) is 0 Å². The molecule has 4 N–H and O–H groups in total. The number of carbonyl (C=O) groups excluding carboxylic acids is 1. The Labute approximate surface area is 190 Å². The van der Waals surface area contributed by atoms with E-state index in [-0.39, 0.29) is 29.5 Å². The van der Waals surface area contributed by atoms with Crippen LogP contribution in [0.4, 0.5) is 30.8 Å². The SMILES string of the molecule is CC(C)NC(=O)O[C@@H]1CC[C@H](c2cc(Nc3ccc(NS(C)(=O)=O)c(OC(F)F)c3)n[nH]2)C1. The lowest BCUT2D eigenvalue weighted by molar-refractivity contribution is -0.0492. The van der Waals surface area contributed by atoms with Crippen LogP contribution >= 0.6 is 0 Å². The number of H-pyrrole nitrogens is 1. The van der Waals surface area contributed by atoms with Gasteiger partial charge in [-0.05, 0) is 45.2 Å². The number of alkyl halides is 2. The minimum Gasteiger partial charge on any atom is -0.446 e. The second kappa shape index (κ2) is 10.2. The van der Waals surface area contributed by atoms with Crippen LogP contribution in [0.1, 0.15) is 44.7 Å². The van der Waals surface area contributed by atoms with E-state index in [2.05, 4.69) is 30.3 Å². The predicted octanol–water partition coefficient (Wildman–Crippen LogP) is 3.90. The Kier molecular flexibility index (Phi) is 7.61. The predicted molar refractivity (Wildman–Crippen MR) is 119 cm³/mol. The molecular weight excluding hydrogens is 460 g/mol. The molecule has 1 aliphatic carbocycles. The second-order valence-electron chi connectivity index (χ2n) is 8.13. The monoisotopic (exact) mass is 487 g/mol. The number of anilines is 3. The molecule has 0 radical (unpaired) electrons. The first-order chi connectivity index (χ1) is 15.5. The van der Waals surface area contributed by atoms with Gasteiger partial charge in [0.2, 0.25) is 10.0 Å². The van der Waals surface area contributed by atoms with Crippen LogP contribution < -0.4 is 20.1 Å². The molecule has 1 fully saturated rings. The number of hydrogen-bond acceptors (Lipinski definition) is 7. The maximum absolute atomic E-state index is 12.8. The summed E-state index contributed by atoms with van der Waals surface area (Å²) in [6, 6.07) is 5.86. The number of rotatable bonds is 9. The van der Waals surface area contributed by atoms with Gasteiger partial charge in [-0.15, -0.1) is 0 Å². The van der Waals surface area contributed by atoms with E-state index in [1.807, 2.05) is 13.8 Å². The number of sulfonamides is 1. The fourth-order valence-electron chi connectivity index (χ4n) is 3.59. The number of aromatic nitrogens is 2. The van der Waals surface area contributed by atoms with E-state index in [4.69, 9.17) is 4.74 Å². The number of hydrogen-bond donors (Lipinski definition) is 4. The van der Waals surface area contributed by atoms with Crippen molar-refractivity contribution in [2.45, 2.75) is 57.8 Å². The Hall–Kier alpha value is -3.09. The lowest BCUT2D eigenvalue weighted by Crippen LogP contribution is -2.33. The summed E-state index contributed by atoms with van der Waals surface area (Å²) in [6.45, 7) is 0.587. The maximum Gasteiger partial charge on any atom is 0.407 e. The molecule has 1 aromatic heterocycles. The van der Waals surface area contributed by atoms with Gasteiger partial charge in [0, 0.05) is 35.5 Å². The van der Waals surface area contributed by atoms with Crippen molar-refractivity contribution >= 4 is 33.3 Å². The first-order valence-corrected chi connectivity index (χ1v) is 12.2. The largest absolute Gasteiger partial charge is 0.446 e. The molecule has 10 nitrogen and oxygen atoms in total. The zero-order chi connectivity index (χ0) is 24.2. The molecule has 13 heteroatoms. The van der Waals surface area contributed by atoms with Gasteiger partial charge in [0.15, 0.2) is 11.6 Å². The Bertz CT molecular complexity index is 1080. The van der Waals surface area contributed by atoms with Crippen molar-refractivity contribution in [2.75, 3.05) is 16.3 Å². The van der Waals surface area contributed by atoms with Gasteiger partial charge in [0.05, 0.1) is 11.9 Å². The van der Waals surface area contributed by atoms with E-state index < -0.39 is 22.7 Å². The van der Waals surface area contributed by atoms with E-state index in [9.17, 15) is 22.0 Å². The van der Waals surface area contributed by atoms with Gasteiger partial charge in [0.25, 0.3) is 0 Å². The van der Waals surface area contributed by atoms with Gasteiger partial charge in [-0.2, -0.15) is 13.9 Å². The number of aromatic amines is 1. The third kappa shape index (κ3) is 7.48. The maximum atomic E-state index is 12.8. The number of carbonyl (C=O) groups is 1. The van der Waals surface area contributed by atoms with Crippen LogP contribution in [0.25, 0.3) is 0 Å². The molecule has 2 aromatic rings. The smallest absolute Gasteiger partial charge is 0.407 e. The zero-order valence-corrected chi connectivity index (χ0v) is 19.2. The van der Waals surface area contributed by atoms with Gasteiger partial charge in [-0.1, -0.05) is 0 Å². The van der Waals surface area contributed by atoms with E-state index in [1.165, 1.54) is 18.2 Å². The van der Waals surface area contributed by atoms with Crippen molar-refractivity contribution in [1.29, 1.82) is 0 Å². The summed E-state index contributed by atoms with van der Waals surface area (Å²) in [5, 5.41) is 12.8. The number of halogens is 2. The lowest BCUT2D eigenvalue weighted by Gasteiger charge is -2.14. The molecule has 0 unspecified atom stereocenters. The summed E-state index contributed by atoms with van der Waals surface area (Å²) in [4.78, 5) is 11.8. The van der Waals surface area contributed by atoms with Crippen molar-refractivity contribution in [3.8, 4) is 5.75 Å². The average molecular weight is 488 g/mol. The number of nitrogens with one attached hydrogen (secondary N) is 4. The van der Waals surface area contributed by atoms with E-state index in [0.717, 1.165) is 24.8 Å². The fourth-order valence-corrected chi connectivity index (χ4v) is 4.15. The first-order valence-electron chi connectivity index (χ1n) is 10.3. The minimum absolute atomic E-state index is 0.00114. The van der Waals surface area contributed by atoms with Gasteiger partial charge >= 0.3 is 12.7 Å². The molecule has 1 aromatic carbocycles. The summed E-state index contributed by atoms with van der Waals surface area (Å²) >= 11 is 0. The highest BCUT2D eigenvalue weighted by Crippen LogP contribution is 2.36. The lowest BCUT2D eigenvalue weighted by atomic mass is 10.0. The molecular formula is C20H27F2N5O5S. The molecule has 1 heterocycles. The summed E-state index contributed by atoms with van der Waals surface area (Å²) in [5.41, 5.74) is 1.12. The Balaban J connectivity index is 1.65. The second-order valence-corrected chi connectivity index (χ2v) is 9.88. The molecule has 0 saturated heterocycles. The highest BCUT2D eigenvalue weighted by atomic mass is 32.2. The number of ether oxygens (including phenoxy) is 2. The Morgan fingerprint density at radius 1 is 1.24 bits per heavy atom. The standard InChI is InChI=1S/C20H27F2N5O5S/c1-11(2)23-20(28)31-14-6-4-12(8-14)16-10-18(26-25-16)24-13-5-7-15(27-33(3,29)30)17(9-13)32-19(21)22/h5,7,9-12,14,19,27H,4,6,8H2,1-3H3,(H,23,28)(H2,24,25,26)/t12-,14+/m0/s1. The van der Waals surface area contributed by atoms with Crippen molar-refractivity contribution in [3.05, 3.63) is 30.0 Å². The number of alkyl carbamates (subject to hydrolysis) is 1. The summed E-state index contributed by atoms with van der Waals surface area (Å²) in [7, 11) is -3.68. The van der Waals surface area contributed by atoms with E-state index in [0.29, 0.717) is 17.9 Å². The third-order valence-corrected chi connectivity index (χ3v) is 5.46. The number of nitrogens with zero attached hydrogens (tertiary/aromatic N) is 1. The van der Waals surface area contributed by atoms with Crippen LogP contribution in [0.2, 0.25) is 0 Å². The minimum atomic E-state index is -3.68. The fraction of sp³-hybridized carbons (Fsp3) is 0.500. The number of amides is 1. The van der Waals surface area contributed by atoms with Crippen molar-refractivity contribution < 1.29 is 31.5 Å². The molecule has 3 rings (SSSR count). The summed E-state index contributed by atoms with van der Waals surface area (Å²) < 4.78 is 60.5. The van der Waals surface area contributed by atoms with Crippen molar-refractivity contribution in [1.82, 2.24) is 15.5 Å².